The molecule has 1 unspecified atom stereocenters. The number of likely N-dealkylation sites (N-methyl/N-ethyl adjacent to an activating group) is 6. The highest BCUT2D eigenvalue weighted by atomic mass is 16.3. The molecule has 0 saturated carbocycles. The molecule has 20 heteroatoms. The maximum Gasteiger partial charge on any atom is 0.219 e. The smallest absolute Gasteiger partial charge is 0.219 e. The van der Waals surface area contributed by atoms with Crippen molar-refractivity contribution in [2.24, 2.45) is 11.8 Å². The first kappa shape index (κ1) is 112. The number of piperidine rings is 4. The second kappa shape index (κ2) is 75.2. The van der Waals surface area contributed by atoms with Gasteiger partial charge in [-0.25, -0.2) is 0 Å². The maximum absolute atomic E-state index is 11.1. The van der Waals surface area contributed by atoms with Crippen molar-refractivity contribution in [2.45, 2.75) is 258 Å². The Morgan fingerprint density at radius 2 is 0.781 bits per heavy atom. The first-order valence-electron chi connectivity index (χ1n) is 43.7. The lowest BCUT2D eigenvalue weighted by molar-refractivity contribution is -0.130. The number of piperazine rings is 4. The number of likely N-dealkylation sites (tertiary alicyclic amines) is 5. The van der Waals surface area contributed by atoms with Crippen LogP contribution < -0.4 is 5.32 Å². The van der Waals surface area contributed by atoms with E-state index in [-0.39, 0.29) is 17.9 Å². The Hall–Kier alpha value is -1.54. The van der Waals surface area contributed by atoms with Gasteiger partial charge < -0.3 is 74.3 Å². The molecule has 0 aromatic carbocycles. The number of aliphatic hydroxyl groups is 2. The molecule has 0 aromatic heterocycles. The molecule has 0 spiro atoms. The second-order valence-corrected chi connectivity index (χ2v) is 30.8. The molecular weight excluding hydrogens is 1310 g/mol. The van der Waals surface area contributed by atoms with Gasteiger partial charge in [0.25, 0.3) is 0 Å². The zero-order valence-corrected chi connectivity index (χ0v) is 76.7. The van der Waals surface area contributed by atoms with Crippen LogP contribution in [0.5, 0.6) is 0 Å². The van der Waals surface area contributed by atoms with E-state index in [0.29, 0.717) is 12.4 Å². The Morgan fingerprint density at radius 3 is 1.10 bits per heavy atom. The van der Waals surface area contributed by atoms with Gasteiger partial charge in [0.05, 0.1) is 12.7 Å². The summed E-state index contributed by atoms with van der Waals surface area (Å²) >= 11 is 0. The lowest BCUT2D eigenvalue weighted by atomic mass is 10.0. The summed E-state index contributed by atoms with van der Waals surface area (Å²) in [5.41, 5.74) is 0. The van der Waals surface area contributed by atoms with Gasteiger partial charge in [-0.1, -0.05) is 104 Å². The molecule has 105 heavy (non-hydrogen) atoms. The Labute approximate surface area is 657 Å². The number of hydrogen-bond donors (Lipinski definition) is 3. The Bertz CT molecular complexity index is 1710. The quantitative estimate of drug-likeness (QED) is 0.171. The Morgan fingerprint density at radius 1 is 0.438 bits per heavy atom. The Kier molecular flexibility index (Phi) is 80.2. The minimum Gasteiger partial charge on any atom is -0.395 e. The third-order valence-corrected chi connectivity index (χ3v) is 21.0. The molecular formula is C85H192N16O4. The maximum atomic E-state index is 11.1. The van der Waals surface area contributed by atoms with Gasteiger partial charge in [0, 0.05) is 187 Å². The zero-order valence-electron chi connectivity index (χ0n) is 76.7. The SMILES string of the molecule is CC.CC.CC.CC.CC.CC.CC(=O)N1CCN(C)CC1.CC(C)C(=O)CCCN(C)C.CC(C)N1CCC(N(C)C)C1.CC(C)N1CCC(N2CCN(C)CC2)CC1.CC1CCNCC1.CN1CCC(N2CCCC2)CC1.CN1CCC(O)CC1.CN1CCN(C)CC1.CN1CCN(CCO)CC1. The van der Waals surface area contributed by atoms with Crippen molar-refractivity contribution in [2.75, 3.05) is 280 Å². The summed E-state index contributed by atoms with van der Waals surface area (Å²) in [6.07, 6.45) is 16.1. The van der Waals surface area contributed by atoms with Gasteiger partial charge >= 0.3 is 0 Å². The third-order valence-electron chi connectivity index (χ3n) is 21.0. The number of carbonyl (C=O) groups excluding carboxylic acids is 2. The first-order chi connectivity index (χ1) is 50.2. The molecule has 20 nitrogen and oxygen atoms in total. The highest BCUT2D eigenvalue weighted by Gasteiger charge is 2.29. The number of β-amino-alcohol motifs (C(OH)–C–C–N with tert-alkyl or cyclic N) is 1. The summed E-state index contributed by atoms with van der Waals surface area (Å²) in [7, 11) is 23.5. The van der Waals surface area contributed by atoms with Gasteiger partial charge in [-0.2, -0.15) is 0 Å². The van der Waals surface area contributed by atoms with Crippen molar-refractivity contribution in [3.63, 3.8) is 0 Å². The van der Waals surface area contributed by atoms with Crippen LogP contribution in [0.1, 0.15) is 222 Å². The largest absolute Gasteiger partial charge is 0.395 e. The van der Waals surface area contributed by atoms with Crippen molar-refractivity contribution < 1.29 is 19.8 Å². The molecule has 10 saturated heterocycles. The van der Waals surface area contributed by atoms with E-state index < -0.39 is 0 Å². The van der Waals surface area contributed by atoms with Gasteiger partial charge in [-0.3, -0.25) is 24.3 Å². The van der Waals surface area contributed by atoms with E-state index in [4.69, 9.17) is 10.2 Å². The van der Waals surface area contributed by atoms with Crippen LogP contribution in [0, 0.1) is 11.8 Å². The zero-order chi connectivity index (χ0) is 81.3. The van der Waals surface area contributed by atoms with Gasteiger partial charge in [-0.15, -0.1) is 0 Å². The second-order valence-electron chi connectivity index (χ2n) is 30.8. The fourth-order valence-electron chi connectivity index (χ4n) is 13.1. The van der Waals surface area contributed by atoms with E-state index >= 15 is 0 Å². The average molecular weight is 1500 g/mol. The molecule has 0 bridgehead atoms. The average Bonchev–Trinajstić information content (AvgIpc) is 1.48. The number of nitrogens with zero attached hydrogens (tertiary/aromatic N) is 15. The molecule has 10 fully saturated rings. The molecule has 0 aromatic rings. The molecule has 3 N–H and O–H groups in total. The normalized spacial score (nSPS) is 21.9. The Balaban J connectivity index is -0.000000353. The van der Waals surface area contributed by atoms with Crippen LogP contribution in [0.2, 0.25) is 0 Å². The minimum atomic E-state index is -0.0220. The molecule has 0 radical (unpaired) electrons. The number of Topliss-reactive ketones (excluding diaryl/α,β-unsaturated/α-hetero) is 1. The third kappa shape index (κ3) is 61.7. The van der Waals surface area contributed by atoms with Crippen molar-refractivity contribution in [3.05, 3.63) is 0 Å². The van der Waals surface area contributed by atoms with Crippen LogP contribution in [0.15, 0.2) is 0 Å². The fourth-order valence-corrected chi connectivity index (χ4v) is 13.1. The summed E-state index contributed by atoms with van der Waals surface area (Å²) < 4.78 is 0. The number of rotatable bonds is 12. The van der Waals surface area contributed by atoms with Gasteiger partial charge in [0.2, 0.25) is 5.91 Å². The van der Waals surface area contributed by atoms with Crippen LogP contribution in [0.4, 0.5) is 0 Å². The number of aliphatic hydroxyl groups excluding tert-OH is 2. The number of carbonyl (C=O) groups is 2. The summed E-state index contributed by atoms with van der Waals surface area (Å²) in [6.45, 7) is 76.6. The monoisotopic (exact) mass is 1500 g/mol. The predicted octanol–water partition coefficient (Wildman–Crippen LogP) is 11.0. The van der Waals surface area contributed by atoms with Crippen molar-refractivity contribution in [3.8, 4) is 0 Å². The topological polar surface area (TPSA) is 135 Å². The lowest BCUT2D eigenvalue weighted by Gasteiger charge is -2.43. The highest BCUT2D eigenvalue weighted by molar-refractivity contribution is 5.80. The fraction of sp³-hybridized carbons (Fsp3) is 0.976. The molecule has 10 aliphatic heterocycles. The van der Waals surface area contributed by atoms with Crippen LogP contribution in [-0.4, -0.2) is 412 Å². The summed E-state index contributed by atoms with van der Waals surface area (Å²) in [6, 6.07) is 4.03. The number of ketones is 1. The first-order valence-corrected chi connectivity index (χ1v) is 43.7. The molecule has 636 valence electrons. The van der Waals surface area contributed by atoms with Crippen molar-refractivity contribution in [1.82, 2.24) is 78.8 Å². The van der Waals surface area contributed by atoms with E-state index in [0.717, 1.165) is 140 Å². The van der Waals surface area contributed by atoms with Gasteiger partial charge in [0.1, 0.15) is 5.78 Å². The number of amides is 1. The lowest BCUT2D eigenvalue weighted by Crippen LogP contribution is -2.53. The summed E-state index contributed by atoms with van der Waals surface area (Å²) in [5.74, 6) is 1.76. The molecule has 1 amide bonds. The van der Waals surface area contributed by atoms with E-state index in [1.165, 1.54) is 176 Å². The van der Waals surface area contributed by atoms with Crippen LogP contribution in [0.25, 0.3) is 0 Å². The summed E-state index contributed by atoms with van der Waals surface area (Å²) in [4.78, 5) is 57.5. The van der Waals surface area contributed by atoms with Gasteiger partial charge in [-0.05, 0) is 247 Å². The summed E-state index contributed by atoms with van der Waals surface area (Å²) in [5, 5.41) is 20.9. The molecule has 10 rings (SSSR count). The van der Waals surface area contributed by atoms with Crippen molar-refractivity contribution in [1.29, 1.82) is 0 Å². The molecule has 10 aliphatic rings. The van der Waals surface area contributed by atoms with Crippen LogP contribution in [0.3, 0.4) is 0 Å². The predicted molar refractivity (Wildman–Crippen MR) is 464 cm³/mol. The standard InChI is InChI=1S/C13H27N3.C10H20N2.C9H20N2.C9H19NO.C7H14N2O.C7H16N2O.C6H14N2.C6H13NO.C6H13N.6C2H6/c1-12(2)15-6-4-13(5-7-15)16-10-8-14(3)9-11-16;1-11-8-4-10(5-9-11)12-6-2-3-7-12;1-8(2)11-6-5-9(7-11)10(3)4;1-8(2)9(11)6-5-7-10(3)4;1-7(10)9-5-3-8(2)4-6-9;1-8-2-4-9(5-3-8)6-7-10;1-7-3-5-8(2)6-4-7;1-7-4-2-6(8)3-5-7;1-6-2-4-7-5-3-6;6*1-2/h12-13H,4-11H2,1-3H3;10H,2-9H2,1H3;8-9H,5-7H2,1-4H3;8H,5-7H2,1-4H3;3-6H2,1-2H3;10H,2-7H2,1H3;3-6H2,1-2H3;6,8H,2-5H2,1H3;6-7H,2-5H2,1H3;6*1-2H3. The van der Waals surface area contributed by atoms with Crippen LogP contribution >= 0.6 is 0 Å². The van der Waals surface area contributed by atoms with E-state index in [2.05, 4.69) is 172 Å². The van der Waals surface area contributed by atoms with Crippen LogP contribution in [-0.2, 0) is 9.59 Å². The van der Waals surface area contributed by atoms with E-state index in [1.807, 2.05) is 116 Å². The molecule has 1 atom stereocenters. The van der Waals surface area contributed by atoms with Crippen molar-refractivity contribution >= 4 is 11.7 Å². The van der Waals surface area contributed by atoms with E-state index in [9.17, 15) is 9.59 Å². The number of nitrogens with one attached hydrogen (secondary N) is 1. The van der Waals surface area contributed by atoms with Gasteiger partial charge in [0.15, 0.2) is 0 Å². The number of hydrogen-bond acceptors (Lipinski definition) is 19. The molecule has 10 heterocycles. The minimum absolute atomic E-state index is 0.0220. The molecule has 0 aliphatic carbocycles. The highest BCUT2D eigenvalue weighted by Crippen LogP contribution is 2.22. The van der Waals surface area contributed by atoms with E-state index in [1.54, 1.807) is 6.92 Å².